The Kier molecular flexibility index (Phi) is 5.70. The number of nitrogens with two attached hydrogens (primary N) is 1. The van der Waals surface area contributed by atoms with Gasteiger partial charge in [0.15, 0.2) is 0 Å². The van der Waals surface area contributed by atoms with Crippen molar-refractivity contribution >= 4 is 16.9 Å². The number of nitrogens with zero attached hydrogens (tertiary/aromatic N) is 3. The molecule has 0 saturated carbocycles. The minimum Gasteiger partial charge on any atom is -0.351 e. The lowest BCUT2D eigenvalue weighted by molar-refractivity contribution is 0.553. The second kappa shape index (κ2) is 8.44. The van der Waals surface area contributed by atoms with Gasteiger partial charge in [0, 0.05) is 34.9 Å². The van der Waals surface area contributed by atoms with Gasteiger partial charge in [0.05, 0.1) is 11.2 Å². The predicted octanol–water partition coefficient (Wildman–Crippen LogP) is 5.24. The molecule has 0 radical (unpaired) electrons. The van der Waals surface area contributed by atoms with Gasteiger partial charge in [-0.15, -0.1) is 0 Å². The van der Waals surface area contributed by atoms with Crippen LogP contribution in [0.4, 0.5) is 5.95 Å². The molecule has 5 heteroatoms. The summed E-state index contributed by atoms with van der Waals surface area (Å²) in [5.41, 5.74) is 12.4. The van der Waals surface area contributed by atoms with Gasteiger partial charge in [-0.25, -0.2) is 9.97 Å². The highest BCUT2D eigenvalue weighted by Gasteiger charge is 2.15. The maximum absolute atomic E-state index is 6.25. The van der Waals surface area contributed by atoms with Gasteiger partial charge in [0.25, 0.3) is 0 Å². The Morgan fingerprint density at radius 1 is 1.03 bits per heavy atom. The summed E-state index contributed by atoms with van der Waals surface area (Å²) in [4.78, 5) is 13.8. The molecule has 4 rings (SSSR count). The van der Waals surface area contributed by atoms with Gasteiger partial charge in [-0.05, 0) is 69.0 Å². The normalized spacial score (nSPS) is 12.7. The zero-order valence-corrected chi connectivity index (χ0v) is 18.6. The third kappa shape index (κ3) is 4.89. The summed E-state index contributed by atoms with van der Waals surface area (Å²) >= 11 is 0. The van der Waals surface area contributed by atoms with Crippen LogP contribution in [0.3, 0.4) is 0 Å². The Morgan fingerprint density at radius 2 is 1.87 bits per heavy atom. The molecule has 0 amide bonds. The molecule has 0 saturated heterocycles. The fraction of sp³-hybridized carbons (Fsp3) is 0.269. The molecule has 0 bridgehead atoms. The van der Waals surface area contributed by atoms with Crippen LogP contribution in [0.15, 0.2) is 67.0 Å². The van der Waals surface area contributed by atoms with Gasteiger partial charge in [0.1, 0.15) is 0 Å². The van der Waals surface area contributed by atoms with Crippen LogP contribution in [0, 0.1) is 6.92 Å². The number of pyridine rings is 1. The van der Waals surface area contributed by atoms with Crippen LogP contribution in [0.1, 0.15) is 37.5 Å². The van der Waals surface area contributed by atoms with Crippen LogP contribution in [0.5, 0.6) is 0 Å². The van der Waals surface area contributed by atoms with E-state index in [0.29, 0.717) is 5.95 Å². The fourth-order valence-electron chi connectivity index (χ4n) is 3.76. The summed E-state index contributed by atoms with van der Waals surface area (Å²) in [6.07, 6.45) is 4.56. The number of hydrogen-bond donors (Lipinski definition) is 2. The molecule has 2 aromatic carbocycles. The Balaban J connectivity index is 1.50. The predicted molar refractivity (Wildman–Crippen MR) is 128 cm³/mol. The zero-order chi connectivity index (χ0) is 22.0. The van der Waals surface area contributed by atoms with Gasteiger partial charge >= 0.3 is 0 Å². The topological polar surface area (TPSA) is 76.7 Å². The van der Waals surface area contributed by atoms with E-state index in [9.17, 15) is 0 Å². The number of fused-ring (bicyclic) bond motifs is 1. The number of hydrogen-bond acceptors (Lipinski definition) is 5. The maximum Gasteiger partial charge on any atom is 0.223 e. The molecule has 3 N–H and O–H groups in total. The molecule has 0 spiro atoms. The van der Waals surface area contributed by atoms with Crippen LogP contribution in [-0.4, -0.2) is 21.0 Å². The quantitative estimate of drug-likeness (QED) is 0.454. The first-order valence-corrected chi connectivity index (χ1v) is 10.6. The first-order chi connectivity index (χ1) is 14.8. The van der Waals surface area contributed by atoms with Crippen LogP contribution < -0.4 is 11.1 Å². The van der Waals surface area contributed by atoms with Crippen molar-refractivity contribution in [2.75, 3.05) is 5.32 Å². The van der Waals surface area contributed by atoms with Gasteiger partial charge < -0.3 is 11.1 Å². The van der Waals surface area contributed by atoms with Crippen molar-refractivity contribution in [1.82, 2.24) is 15.0 Å². The smallest absolute Gasteiger partial charge is 0.223 e. The average molecular weight is 412 g/mol. The number of aromatic nitrogens is 3. The molecule has 0 aliphatic rings. The van der Waals surface area contributed by atoms with Gasteiger partial charge in [-0.3, -0.25) is 4.98 Å². The lowest BCUT2D eigenvalue weighted by atomic mass is 9.93. The van der Waals surface area contributed by atoms with E-state index in [1.165, 1.54) is 5.56 Å². The van der Waals surface area contributed by atoms with Gasteiger partial charge in [-0.2, -0.15) is 0 Å². The number of aryl methyl sites for hydroxylation is 1. The summed E-state index contributed by atoms with van der Waals surface area (Å²) in [5.74, 6) is 0.636. The van der Waals surface area contributed by atoms with Crippen molar-refractivity contribution in [1.29, 1.82) is 0 Å². The van der Waals surface area contributed by atoms with Crippen molar-refractivity contribution in [2.24, 2.45) is 5.73 Å². The highest BCUT2D eigenvalue weighted by atomic mass is 15.1. The Morgan fingerprint density at radius 3 is 2.65 bits per heavy atom. The van der Waals surface area contributed by atoms with Gasteiger partial charge in [0.2, 0.25) is 5.95 Å². The van der Waals surface area contributed by atoms with Crippen LogP contribution in [0.25, 0.3) is 22.2 Å². The van der Waals surface area contributed by atoms with E-state index >= 15 is 0 Å². The molecule has 0 unspecified atom stereocenters. The Hall–Kier alpha value is -3.31. The molecular weight excluding hydrogens is 382 g/mol. The third-order valence-electron chi connectivity index (χ3n) is 5.45. The number of benzene rings is 2. The molecular formula is C26H29N5. The van der Waals surface area contributed by atoms with Crippen molar-refractivity contribution in [3.05, 3.63) is 83.7 Å². The van der Waals surface area contributed by atoms with Crippen LogP contribution >= 0.6 is 0 Å². The molecule has 31 heavy (non-hydrogen) atoms. The number of rotatable bonds is 6. The summed E-state index contributed by atoms with van der Waals surface area (Å²) in [6.45, 7) is 8.26. The molecule has 4 aromatic rings. The fourth-order valence-corrected chi connectivity index (χ4v) is 3.76. The Bertz CT molecular complexity index is 1210. The van der Waals surface area contributed by atoms with E-state index < -0.39 is 0 Å². The van der Waals surface area contributed by atoms with Crippen LogP contribution in [0.2, 0.25) is 0 Å². The van der Waals surface area contributed by atoms with Gasteiger partial charge in [-0.1, -0.05) is 36.4 Å². The molecule has 2 heterocycles. The lowest BCUT2D eigenvalue weighted by Gasteiger charge is -2.21. The second-order valence-electron chi connectivity index (χ2n) is 8.81. The molecule has 158 valence electrons. The third-order valence-corrected chi connectivity index (χ3v) is 5.45. The molecule has 0 fully saturated rings. The largest absolute Gasteiger partial charge is 0.351 e. The maximum atomic E-state index is 6.25. The minimum absolute atomic E-state index is 0.184. The molecule has 1 atom stereocenters. The first-order valence-electron chi connectivity index (χ1n) is 10.6. The minimum atomic E-state index is -0.346. The number of anilines is 1. The number of nitrogens with one attached hydrogen (secondary N) is 1. The molecule has 2 aromatic heterocycles. The monoisotopic (exact) mass is 411 g/mol. The lowest BCUT2D eigenvalue weighted by Crippen LogP contribution is -2.29. The van der Waals surface area contributed by atoms with Crippen molar-refractivity contribution in [2.45, 2.75) is 45.7 Å². The van der Waals surface area contributed by atoms with Crippen LogP contribution in [-0.2, 0) is 12.0 Å². The summed E-state index contributed by atoms with van der Waals surface area (Å²) in [7, 11) is 0. The van der Waals surface area contributed by atoms with Crippen molar-refractivity contribution < 1.29 is 0 Å². The van der Waals surface area contributed by atoms with E-state index in [4.69, 9.17) is 10.7 Å². The van der Waals surface area contributed by atoms with E-state index in [1.807, 2.05) is 38.4 Å². The highest BCUT2D eigenvalue weighted by Crippen LogP contribution is 2.25. The summed E-state index contributed by atoms with van der Waals surface area (Å²) in [6, 6.07) is 18.9. The molecule has 0 aliphatic carbocycles. The SMILES string of the molecule is Cc1cccnc1-c1ccc2nc(N[C@@H](C)Cc3cccc(C(C)(C)N)c3)ncc2c1. The first kappa shape index (κ1) is 20.9. The second-order valence-corrected chi connectivity index (χ2v) is 8.81. The highest BCUT2D eigenvalue weighted by molar-refractivity contribution is 5.84. The van der Waals surface area contributed by atoms with E-state index in [2.05, 4.69) is 71.6 Å². The standard InChI is InChI=1S/C26H29N5/c1-17-7-6-12-28-24(17)20-10-11-23-21(15-20)16-29-25(31-23)30-18(2)13-19-8-5-9-22(14-19)26(3,4)27/h5-12,14-16,18H,13,27H2,1-4H3,(H,29,30,31)/t18-/m0/s1. The Labute approximate surface area is 183 Å². The zero-order valence-electron chi connectivity index (χ0n) is 18.6. The van der Waals surface area contributed by atoms with E-state index in [-0.39, 0.29) is 11.6 Å². The van der Waals surface area contributed by atoms with Crippen molar-refractivity contribution in [3.63, 3.8) is 0 Å². The van der Waals surface area contributed by atoms with E-state index in [1.54, 1.807) is 0 Å². The average Bonchev–Trinajstić information content (AvgIpc) is 2.73. The summed E-state index contributed by atoms with van der Waals surface area (Å²) < 4.78 is 0. The summed E-state index contributed by atoms with van der Waals surface area (Å²) in [5, 5.41) is 4.43. The van der Waals surface area contributed by atoms with E-state index in [0.717, 1.165) is 39.7 Å². The van der Waals surface area contributed by atoms with Crippen molar-refractivity contribution in [3.8, 4) is 11.3 Å². The molecule has 0 aliphatic heterocycles. The molecule has 5 nitrogen and oxygen atoms in total.